The standard InChI is InChI=1S/C14H16BrClFN3/c1-3-6-20-14(11(15)8-19-20)13(18-2)10-5-4-9(17)7-12(10)16/h4-5,7-8,13,18H,3,6H2,1-2H3. The highest BCUT2D eigenvalue weighted by Gasteiger charge is 2.22. The minimum absolute atomic E-state index is 0.147. The molecular formula is C14H16BrClFN3. The van der Waals surface area contributed by atoms with E-state index < -0.39 is 0 Å². The number of rotatable bonds is 5. The highest BCUT2D eigenvalue weighted by molar-refractivity contribution is 9.10. The predicted octanol–water partition coefficient (Wildman–Crippen LogP) is 4.16. The van der Waals surface area contributed by atoms with E-state index in [0.717, 1.165) is 28.7 Å². The van der Waals surface area contributed by atoms with Gasteiger partial charge in [0.15, 0.2) is 0 Å². The summed E-state index contributed by atoms with van der Waals surface area (Å²) in [5.41, 5.74) is 1.82. The fourth-order valence-electron chi connectivity index (χ4n) is 2.22. The fourth-order valence-corrected chi connectivity index (χ4v) is 3.03. The molecule has 0 aliphatic heterocycles. The number of halogens is 3. The second-order valence-corrected chi connectivity index (χ2v) is 5.75. The van der Waals surface area contributed by atoms with Crippen LogP contribution < -0.4 is 5.32 Å². The molecule has 1 heterocycles. The van der Waals surface area contributed by atoms with Crippen molar-refractivity contribution < 1.29 is 4.39 Å². The smallest absolute Gasteiger partial charge is 0.124 e. The Bertz CT molecular complexity index is 600. The van der Waals surface area contributed by atoms with Gasteiger partial charge in [-0.15, -0.1) is 0 Å². The molecule has 0 aliphatic carbocycles. The summed E-state index contributed by atoms with van der Waals surface area (Å²) >= 11 is 9.70. The molecule has 0 fully saturated rings. The van der Waals surface area contributed by atoms with Gasteiger partial charge in [-0.1, -0.05) is 24.6 Å². The molecule has 1 aromatic heterocycles. The minimum atomic E-state index is -0.338. The molecular weight excluding hydrogens is 345 g/mol. The third-order valence-corrected chi connectivity index (χ3v) is 4.04. The van der Waals surface area contributed by atoms with Crippen LogP contribution in [0.3, 0.4) is 0 Å². The van der Waals surface area contributed by atoms with Gasteiger partial charge in [0.05, 0.1) is 22.4 Å². The van der Waals surface area contributed by atoms with Crippen molar-refractivity contribution in [2.24, 2.45) is 0 Å². The molecule has 1 N–H and O–H groups in total. The number of hydrogen-bond donors (Lipinski definition) is 1. The Hall–Kier alpha value is -0.910. The number of nitrogens with one attached hydrogen (secondary N) is 1. The van der Waals surface area contributed by atoms with E-state index in [1.807, 2.05) is 11.7 Å². The van der Waals surface area contributed by atoms with E-state index in [-0.39, 0.29) is 11.9 Å². The lowest BCUT2D eigenvalue weighted by atomic mass is 10.0. The monoisotopic (exact) mass is 359 g/mol. The molecule has 6 heteroatoms. The van der Waals surface area contributed by atoms with Gasteiger partial charge in [-0.2, -0.15) is 5.10 Å². The summed E-state index contributed by atoms with van der Waals surface area (Å²) in [6.07, 6.45) is 2.75. The summed E-state index contributed by atoms with van der Waals surface area (Å²) in [7, 11) is 1.85. The molecule has 0 radical (unpaired) electrons. The van der Waals surface area contributed by atoms with E-state index in [1.165, 1.54) is 12.1 Å². The topological polar surface area (TPSA) is 29.9 Å². The van der Waals surface area contributed by atoms with Gasteiger partial charge in [-0.3, -0.25) is 4.68 Å². The average molecular weight is 361 g/mol. The van der Waals surface area contributed by atoms with Crippen molar-refractivity contribution in [2.45, 2.75) is 25.9 Å². The van der Waals surface area contributed by atoms with Crippen LogP contribution >= 0.6 is 27.5 Å². The minimum Gasteiger partial charge on any atom is -0.308 e. The van der Waals surface area contributed by atoms with Crippen LogP contribution in [0.25, 0.3) is 0 Å². The van der Waals surface area contributed by atoms with Gasteiger partial charge in [-0.25, -0.2) is 4.39 Å². The van der Waals surface area contributed by atoms with E-state index in [4.69, 9.17) is 11.6 Å². The first-order valence-corrected chi connectivity index (χ1v) is 7.59. The van der Waals surface area contributed by atoms with Crippen LogP contribution in [0.15, 0.2) is 28.9 Å². The Morgan fingerprint density at radius 2 is 2.25 bits per heavy atom. The van der Waals surface area contributed by atoms with Gasteiger partial charge in [0, 0.05) is 11.6 Å². The van der Waals surface area contributed by atoms with E-state index >= 15 is 0 Å². The molecule has 1 unspecified atom stereocenters. The van der Waals surface area contributed by atoms with Crippen LogP contribution in [-0.4, -0.2) is 16.8 Å². The molecule has 20 heavy (non-hydrogen) atoms. The quantitative estimate of drug-likeness (QED) is 0.868. The van der Waals surface area contributed by atoms with Gasteiger partial charge in [0.25, 0.3) is 0 Å². The summed E-state index contributed by atoms with van der Waals surface area (Å²) in [5, 5.41) is 7.99. The molecule has 0 saturated carbocycles. The second kappa shape index (κ2) is 6.70. The highest BCUT2D eigenvalue weighted by atomic mass is 79.9. The molecule has 1 atom stereocenters. The Balaban J connectivity index is 2.49. The van der Waals surface area contributed by atoms with Gasteiger partial charge in [-0.05, 0) is 47.1 Å². The second-order valence-electron chi connectivity index (χ2n) is 4.49. The van der Waals surface area contributed by atoms with Crippen LogP contribution in [-0.2, 0) is 6.54 Å². The number of aryl methyl sites for hydroxylation is 1. The Labute approximate surface area is 131 Å². The molecule has 0 saturated heterocycles. The largest absolute Gasteiger partial charge is 0.308 e. The molecule has 0 amide bonds. The van der Waals surface area contributed by atoms with Crippen LogP contribution in [0.1, 0.15) is 30.6 Å². The molecule has 108 valence electrons. The number of nitrogens with zero attached hydrogens (tertiary/aromatic N) is 2. The van der Waals surface area contributed by atoms with E-state index in [0.29, 0.717) is 5.02 Å². The van der Waals surface area contributed by atoms with Crippen LogP contribution in [0.2, 0.25) is 5.02 Å². The van der Waals surface area contributed by atoms with Crippen molar-refractivity contribution in [1.29, 1.82) is 0 Å². The third-order valence-electron chi connectivity index (χ3n) is 3.10. The summed E-state index contributed by atoms with van der Waals surface area (Å²) in [5.74, 6) is -0.338. The van der Waals surface area contributed by atoms with Crippen molar-refractivity contribution in [2.75, 3.05) is 7.05 Å². The van der Waals surface area contributed by atoms with Gasteiger partial charge in [0.2, 0.25) is 0 Å². The van der Waals surface area contributed by atoms with Gasteiger partial charge >= 0.3 is 0 Å². The van der Waals surface area contributed by atoms with Gasteiger partial charge in [0.1, 0.15) is 5.82 Å². The zero-order valence-electron chi connectivity index (χ0n) is 11.3. The number of hydrogen-bond acceptors (Lipinski definition) is 2. The first-order valence-electron chi connectivity index (χ1n) is 6.41. The average Bonchev–Trinajstić information content (AvgIpc) is 2.75. The normalized spacial score (nSPS) is 12.7. The highest BCUT2D eigenvalue weighted by Crippen LogP contribution is 2.32. The van der Waals surface area contributed by atoms with E-state index in [9.17, 15) is 4.39 Å². The lowest BCUT2D eigenvalue weighted by molar-refractivity contribution is 0.532. The number of benzene rings is 1. The SMILES string of the molecule is CCCn1ncc(Br)c1C(NC)c1ccc(F)cc1Cl. The van der Waals surface area contributed by atoms with Crippen molar-refractivity contribution in [3.63, 3.8) is 0 Å². The first-order chi connectivity index (χ1) is 9.58. The first kappa shape index (κ1) is 15.5. The maximum absolute atomic E-state index is 13.2. The molecule has 0 bridgehead atoms. The lowest BCUT2D eigenvalue weighted by Gasteiger charge is -2.20. The van der Waals surface area contributed by atoms with E-state index in [1.54, 1.807) is 12.3 Å². The van der Waals surface area contributed by atoms with Crippen molar-refractivity contribution in [3.8, 4) is 0 Å². The molecule has 0 aliphatic rings. The molecule has 1 aromatic carbocycles. The Morgan fingerprint density at radius 1 is 1.50 bits per heavy atom. The molecule has 2 aromatic rings. The summed E-state index contributed by atoms with van der Waals surface area (Å²) in [4.78, 5) is 0. The van der Waals surface area contributed by atoms with Crippen LogP contribution in [0, 0.1) is 5.82 Å². The van der Waals surface area contributed by atoms with Crippen molar-refractivity contribution >= 4 is 27.5 Å². The number of aromatic nitrogens is 2. The lowest BCUT2D eigenvalue weighted by Crippen LogP contribution is -2.22. The zero-order valence-corrected chi connectivity index (χ0v) is 13.7. The third kappa shape index (κ3) is 3.05. The fraction of sp³-hybridized carbons (Fsp3) is 0.357. The summed E-state index contributed by atoms with van der Waals surface area (Å²) < 4.78 is 16.0. The van der Waals surface area contributed by atoms with Crippen molar-refractivity contribution in [1.82, 2.24) is 15.1 Å². The molecule has 2 rings (SSSR count). The van der Waals surface area contributed by atoms with Crippen molar-refractivity contribution in [3.05, 3.63) is 51.0 Å². The Kier molecular flexibility index (Phi) is 5.18. The maximum atomic E-state index is 13.2. The predicted molar refractivity (Wildman–Crippen MR) is 82.5 cm³/mol. The van der Waals surface area contributed by atoms with E-state index in [2.05, 4.69) is 33.3 Å². The summed E-state index contributed by atoms with van der Waals surface area (Å²) in [6.45, 7) is 2.91. The Morgan fingerprint density at radius 3 is 2.85 bits per heavy atom. The van der Waals surface area contributed by atoms with Crippen LogP contribution in [0.5, 0.6) is 0 Å². The van der Waals surface area contributed by atoms with Gasteiger partial charge < -0.3 is 5.32 Å². The maximum Gasteiger partial charge on any atom is 0.124 e. The molecule has 0 spiro atoms. The molecule has 3 nitrogen and oxygen atoms in total. The summed E-state index contributed by atoms with van der Waals surface area (Å²) in [6, 6.07) is 4.30. The zero-order chi connectivity index (χ0) is 14.7. The van der Waals surface area contributed by atoms with Crippen LogP contribution in [0.4, 0.5) is 4.39 Å².